The zero-order valence-electron chi connectivity index (χ0n) is 11.4. The van der Waals surface area contributed by atoms with Crippen LogP contribution in [0.2, 0.25) is 0 Å². The van der Waals surface area contributed by atoms with Gasteiger partial charge in [-0.05, 0) is 19.1 Å². The molecule has 0 bridgehead atoms. The van der Waals surface area contributed by atoms with Gasteiger partial charge in [0.25, 0.3) is 5.24 Å². The smallest absolute Gasteiger partial charge is 0.282 e. The van der Waals surface area contributed by atoms with Crippen LogP contribution < -0.4 is 10.1 Å². The first kappa shape index (κ1) is 14.7. The number of hydrogen-bond donors (Lipinski definition) is 1. The zero-order chi connectivity index (χ0) is 14.4. The Morgan fingerprint density at radius 1 is 1.40 bits per heavy atom. The summed E-state index contributed by atoms with van der Waals surface area (Å²) in [5, 5.41) is 2.73. The number of rotatable bonds is 6. The van der Waals surface area contributed by atoms with E-state index >= 15 is 0 Å². The van der Waals surface area contributed by atoms with Crippen LogP contribution in [-0.2, 0) is 4.79 Å². The Morgan fingerprint density at radius 2 is 2.15 bits per heavy atom. The lowest BCUT2D eigenvalue weighted by Gasteiger charge is -2.14. The molecule has 0 saturated carbocycles. The van der Waals surface area contributed by atoms with Gasteiger partial charge < -0.3 is 15.0 Å². The van der Waals surface area contributed by atoms with Crippen molar-refractivity contribution in [1.82, 2.24) is 10.2 Å². The molecule has 0 radical (unpaired) electrons. The highest BCUT2D eigenvalue weighted by atomic mass is 32.2. The van der Waals surface area contributed by atoms with Crippen LogP contribution in [0, 0.1) is 6.92 Å². The number of ether oxygens (including phenoxy) is 1. The predicted molar refractivity (Wildman–Crippen MR) is 79.1 cm³/mol. The molecule has 0 spiro atoms. The first-order valence-electron chi connectivity index (χ1n) is 6.53. The number of carbonyl (C=O) groups excluding carboxylic acids is 2. The second-order valence-electron chi connectivity index (χ2n) is 4.55. The van der Waals surface area contributed by atoms with Crippen LogP contribution in [0.3, 0.4) is 0 Å². The molecule has 1 saturated heterocycles. The van der Waals surface area contributed by atoms with Crippen LogP contribution >= 0.6 is 11.8 Å². The molecule has 0 aliphatic carbocycles. The Labute approximate surface area is 122 Å². The van der Waals surface area contributed by atoms with Crippen LogP contribution in [0.4, 0.5) is 4.79 Å². The van der Waals surface area contributed by atoms with Crippen LogP contribution in [0.1, 0.15) is 5.56 Å². The van der Waals surface area contributed by atoms with Crippen molar-refractivity contribution in [3.63, 3.8) is 0 Å². The van der Waals surface area contributed by atoms with Gasteiger partial charge in [0.05, 0.1) is 6.54 Å². The molecule has 1 aliphatic heterocycles. The first-order valence-corrected chi connectivity index (χ1v) is 7.51. The summed E-state index contributed by atoms with van der Waals surface area (Å²) in [5.74, 6) is 1.41. The molecule has 20 heavy (non-hydrogen) atoms. The number of amides is 2. The monoisotopic (exact) mass is 294 g/mol. The SMILES string of the molecule is Cc1ccc(OCCNC(=O)CN2CCSC2=O)cc1. The van der Waals surface area contributed by atoms with Gasteiger partial charge in [-0.3, -0.25) is 9.59 Å². The van der Waals surface area contributed by atoms with Gasteiger partial charge in [-0.25, -0.2) is 0 Å². The highest BCUT2D eigenvalue weighted by Gasteiger charge is 2.22. The Morgan fingerprint density at radius 3 is 2.80 bits per heavy atom. The molecule has 0 unspecified atom stereocenters. The van der Waals surface area contributed by atoms with E-state index in [1.54, 1.807) is 4.90 Å². The van der Waals surface area contributed by atoms with Gasteiger partial charge in [0.15, 0.2) is 0 Å². The van der Waals surface area contributed by atoms with E-state index in [0.29, 0.717) is 19.7 Å². The third-order valence-electron chi connectivity index (χ3n) is 2.89. The third kappa shape index (κ3) is 4.45. The van der Waals surface area contributed by atoms with Gasteiger partial charge in [0, 0.05) is 12.3 Å². The minimum Gasteiger partial charge on any atom is -0.492 e. The molecule has 2 amide bonds. The minimum absolute atomic E-state index is 0.0175. The van der Waals surface area contributed by atoms with Gasteiger partial charge in [-0.1, -0.05) is 29.5 Å². The summed E-state index contributed by atoms with van der Waals surface area (Å²) in [4.78, 5) is 24.5. The summed E-state index contributed by atoms with van der Waals surface area (Å²) in [6.07, 6.45) is 0. The molecule has 6 heteroatoms. The molecule has 1 aliphatic rings. The van der Waals surface area contributed by atoms with Crippen LogP contribution in [0.5, 0.6) is 5.75 Å². The summed E-state index contributed by atoms with van der Waals surface area (Å²) in [7, 11) is 0. The van der Waals surface area contributed by atoms with E-state index in [1.165, 1.54) is 17.3 Å². The average Bonchev–Trinajstić information content (AvgIpc) is 2.82. The van der Waals surface area contributed by atoms with E-state index in [-0.39, 0.29) is 17.7 Å². The lowest BCUT2D eigenvalue weighted by Crippen LogP contribution is -2.38. The van der Waals surface area contributed by atoms with E-state index in [2.05, 4.69) is 5.32 Å². The lowest BCUT2D eigenvalue weighted by molar-refractivity contribution is -0.121. The normalized spacial score (nSPS) is 14.4. The van der Waals surface area contributed by atoms with Crippen molar-refractivity contribution in [2.75, 3.05) is 32.0 Å². The molecule has 1 aromatic rings. The summed E-state index contributed by atoms with van der Waals surface area (Å²) < 4.78 is 5.50. The van der Waals surface area contributed by atoms with Crippen LogP contribution in [-0.4, -0.2) is 48.0 Å². The number of carbonyl (C=O) groups is 2. The number of benzene rings is 1. The average molecular weight is 294 g/mol. The molecule has 5 nitrogen and oxygen atoms in total. The summed E-state index contributed by atoms with van der Waals surface area (Å²) in [6, 6.07) is 7.75. The summed E-state index contributed by atoms with van der Waals surface area (Å²) in [5.41, 5.74) is 1.18. The lowest BCUT2D eigenvalue weighted by atomic mass is 10.2. The van der Waals surface area contributed by atoms with E-state index in [1.807, 2.05) is 31.2 Å². The van der Waals surface area contributed by atoms with Gasteiger partial charge in [-0.2, -0.15) is 0 Å². The number of thioether (sulfide) groups is 1. The standard InChI is InChI=1S/C14H18N2O3S/c1-11-2-4-12(5-3-11)19-8-6-15-13(17)10-16-7-9-20-14(16)18/h2-5H,6-10H2,1H3,(H,15,17). The van der Waals surface area contributed by atoms with Crippen molar-refractivity contribution in [3.05, 3.63) is 29.8 Å². The number of hydrogen-bond acceptors (Lipinski definition) is 4. The Hall–Kier alpha value is -1.69. The second kappa shape index (κ2) is 7.19. The molecule has 0 aromatic heterocycles. The van der Waals surface area contributed by atoms with E-state index in [0.717, 1.165) is 11.5 Å². The molecule has 108 valence electrons. The van der Waals surface area contributed by atoms with E-state index in [4.69, 9.17) is 4.74 Å². The maximum absolute atomic E-state index is 11.6. The Kier molecular flexibility index (Phi) is 5.29. The molecule has 0 atom stereocenters. The fraction of sp³-hybridized carbons (Fsp3) is 0.429. The first-order chi connectivity index (χ1) is 9.65. The number of aryl methyl sites for hydroxylation is 1. The molecule has 1 N–H and O–H groups in total. The van der Waals surface area contributed by atoms with E-state index < -0.39 is 0 Å². The Balaban J connectivity index is 1.62. The van der Waals surface area contributed by atoms with Gasteiger partial charge in [0.1, 0.15) is 18.9 Å². The molecular weight excluding hydrogens is 276 g/mol. The van der Waals surface area contributed by atoms with Crippen LogP contribution in [0.15, 0.2) is 24.3 Å². The summed E-state index contributed by atoms with van der Waals surface area (Å²) in [6.45, 7) is 3.65. The maximum Gasteiger partial charge on any atom is 0.282 e. The fourth-order valence-corrected chi connectivity index (χ4v) is 2.62. The van der Waals surface area contributed by atoms with Gasteiger partial charge in [-0.15, -0.1) is 0 Å². The maximum atomic E-state index is 11.6. The molecule has 1 heterocycles. The van der Waals surface area contributed by atoms with Gasteiger partial charge in [0.2, 0.25) is 5.91 Å². The third-order valence-corrected chi connectivity index (χ3v) is 3.79. The quantitative estimate of drug-likeness (QED) is 0.811. The fourth-order valence-electron chi connectivity index (χ4n) is 1.79. The number of nitrogens with one attached hydrogen (secondary N) is 1. The van der Waals surface area contributed by atoms with Crippen molar-refractivity contribution >= 4 is 22.9 Å². The van der Waals surface area contributed by atoms with Crippen LogP contribution in [0.25, 0.3) is 0 Å². The zero-order valence-corrected chi connectivity index (χ0v) is 12.2. The Bertz CT molecular complexity index is 476. The molecule has 1 aromatic carbocycles. The second-order valence-corrected chi connectivity index (χ2v) is 5.59. The summed E-state index contributed by atoms with van der Waals surface area (Å²) >= 11 is 1.26. The van der Waals surface area contributed by atoms with Gasteiger partial charge >= 0.3 is 0 Å². The molecule has 2 rings (SSSR count). The minimum atomic E-state index is -0.145. The molecular formula is C14H18N2O3S. The largest absolute Gasteiger partial charge is 0.492 e. The van der Waals surface area contributed by atoms with E-state index in [9.17, 15) is 9.59 Å². The van der Waals surface area contributed by atoms with Crippen molar-refractivity contribution in [1.29, 1.82) is 0 Å². The number of nitrogens with zero attached hydrogens (tertiary/aromatic N) is 1. The highest BCUT2D eigenvalue weighted by Crippen LogP contribution is 2.16. The molecule has 1 fully saturated rings. The predicted octanol–water partition coefficient (Wildman–Crippen LogP) is 1.66. The highest BCUT2D eigenvalue weighted by molar-refractivity contribution is 8.13. The van der Waals surface area contributed by atoms with Crippen molar-refractivity contribution < 1.29 is 14.3 Å². The van der Waals surface area contributed by atoms with Crippen molar-refractivity contribution in [3.8, 4) is 5.75 Å². The van der Waals surface area contributed by atoms with Crippen molar-refractivity contribution in [2.24, 2.45) is 0 Å². The topological polar surface area (TPSA) is 58.6 Å². The van der Waals surface area contributed by atoms with Crippen molar-refractivity contribution in [2.45, 2.75) is 6.92 Å².